The van der Waals surface area contributed by atoms with Gasteiger partial charge in [0.15, 0.2) is 0 Å². The fraction of sp³-hybridized carbons (Fsp3) is 0.600. The van der Waals surface area contributed by atoms with Crippen molar-refractivity contribution in [3.8, 4) is 0 Å². The third kappa shape index (κ3) is 3.63. The molecule has 1 aromatic rings. The van der Waals surface area contributed by atoms with Crippen LogP contribution < -0.4 is 5.73 Å². The highest BCUT2D eigenvalue weighted by atomic mass is 35.5. The van der Waals surface area contributed by atoms with Gasteiger partial charge in [0.25, 0.3) is 0 Å². The fourth-order valence-corrected chi connectivity index (χ4v) is 3.30. The van der Waals surface area contributed by atoms with Crippen molar-refractivity contribution in [2.75, 3.05) is 0 Å². The van der Waals surface area contributed by atoms with Gasteiger partial charge in [0, 0.05) is 6.04 Å². The molecular weight excluding hydrogens is 265 g/mol. The maximum absolute atomic E-state index is 6.24. The van der Waals surface area contributed by atoms with Crippen LogP contribution in [0.15, 0.2) is 18.2 Å². The Kier molecular flexibility index (Phi) is 5.35. The molecule has 1 nitrogen and oxygen atoms in total. The number of hydrogen-bond acceptors (Lipinski definition) is 1. The minimum Gasteiger partial charge on any atom is -0.324 e. The minimum atomic E-state index is 0.0122. The van der Waals surface area contributed by atoms with Gasteiger partial charge in [-0.1, -0.05) is 67.4 Å². The lowest BCUT2D eigenvalue weighted by Gasteiger charge is -2.23. The molecule has 1 fully saturated rings. The molecule has 0 aliphatic heterocycles. The first-order valence-corrected chi connectivity index (χ1v) is 7.63. The molecule has 0 amide bonds. The Labute approximate surface area is 120 Å². The van der Waals surface area contributed by atoms with E-state index in [-0.39, 0.29) is 6.04 Å². The predicted molar refractivity (Wildman–Crippen MR) is 79.2 cm³/mol. The van der Waals surface area contributed by atoms with Crippen molar-refractivity contribution >= 4 is 23.2 Å². The maximum atomic E-state index is 6.24. The van der Waals surface area contributed by atoms with Crippen LogP contribution in [0, 0.1) is 5.92 Å². The van der Waals surface area contributed by atoms with E-state index in [0.717, 1.165) is 17.9 Å². The van der Waals surface area contributed by atoms with Crippen LogP contribution in [-0.2, 0) is 0 Å². The second-order valence-electron chi connectivity index (χ2n) is 5.33. The highest BCUT2D eigenvalue weighted by Gasteiger charge is 2.17. The molecule has 1 saturated carbocycles. The van der Waals surface area contributed by atoms with Gasteiger partial charge < -0.3 is 5.73 Å². The van der Waals surface area contributed by atoms with Crippen molar-refractivity contribution in [3.05, 3.63) is 33.8 Å². The Morgan fingerprint density at radius 2 is 1.89 bits per heavy atom. The second kappa shape index (κ2) is 6.79. The molecule has 0 radical (unpaired) electrons. The molecule has 3 heteroatoms. The summed E-state index contributed by atoms with van der Waals surface area (Å²) in [6, 6.07) is 5.73. The third-order valence-electron chi connectivity index (χ3n) is 3.99. The normalized spacial score (nSPS) is 18.8. The number of rotatable bonds is 4. The summed E-state index contributed by atoms with van der Waals surface area (Å²) in [6.07, 6.45) is 9.14. The second-order valence-corrected chi connectivity index (χ2v) is 6.12. The van der Waals surface area contributed by atoms with Gasteiger partial charge in [-0.3, -0.25) is 0 Å². The highest BCUT2D eigenvalue weighted by molar-refractivity contribution is 6.42. The average Bonchev–Trinajstić information content (AvgIpc) is 2.40. The lowest BCUT2D eigenvalue weighted by Crippen LogP contribution is -2.14. The summed E-state index contributed by atoms with van der Waals surface area (Å²) >= 11 is 12.2. The number of nitrogens with two attached hydrogens (primary N) is 1. The van der Waals surface area contributed by atoms with Crippen molar-refractivity contribution in [2.45, 2.75) is 51.0 Å². The van der Waals surface area contributed by atoms with E-state index in [0.29, 0.717) is 10.0 Å². The van der Waals surface area contributed by atoms with Crippen molar-refractivity contribution in [3.63, 3.8) is 0 Å². The highest BCUT2D eigenvalue weighted by Crippen LogP contribution is 2.33. The van der Waals surface area contributed by atoms with Gasteiger partial charge in [-0.2, -0.15) is 0 Å². The van der Waals surface area contributed by atoms with E-state index >= 15 is 0 Å². The molecule has 0 spiro atoms. The molecule has 1 atom stereocenters. The van der Waals surface area contributed by atoms with Crippen LogP contribution in [0.5, 0.6) is 0 Å². The first-order chi connectivity index (χ1) is 8.68. The summed E-state index contributed by atoms with van der Waals surface area (Å²) in [7, 11) is 0. The van der Waals surface area contributed by atoms with Crippen molar-refractivity contribution < 1.29 is 0 Å². The Balaban J connectivity index is 1.90. The van der Waals surface area contributed by atoms with Gasteiger partial charge in [-0.25, -0.2) is 0 Å². The summed E-state index contributed by atoms with van der Waals surface area (Å²) in [5.74, 6) is 0.864. The molecule has 1 unspecified atom stereocenters. The lowest BCUT2D eigenvalue weighted by atomic mass is 9.84. The largest absolute Gasteiger partial charge is 0.324 e. The molecule has 2 N–H and O–H groups in total. The number of halogens is 2. The summed E-state index contributed by atoms with van der Waals surface area (Å²) in [4.78, 5) is 0. The van der Waals surface area contributed by atoms with E-state index < -0.39 is 0 Å². The van der Waals surface area contributed by atoms with Gasteiger partial charge in [-0.05, 0) is 30.4 Å². The molecule has 1 aromatic carbocycles. The molecule has 0 heterocycles. The third-order valence-corrected chi connectivity index (χ3v) is 4.83. The topological polar surface area (TPSA) is 26.0 Å². The maximum Gasteiger partial charge on any atom is 0.0639 e. The number of benzene rings is 1. The van der Waals surface area contributed by atoms with Crippen LogP contribution in [0.2, 0.25) is 10.0 Å². The fourth-order valence-electron chi connectivity index (χ4n) is 2.85. The Morgan fingerprint density at radius 1 is 1.17 bits per heavy atom. The molecule has 1 aliphatic carbocycles. The SMILES string of the molecule is NC(CCC1CCCCC1)c1cccc(Cl)c1Cl. The molecule has 2 rings (SSSR count). The quantitative estimate of drug-likeness (QED) is 0.792. The van der Waals surface area contributed by atoms with Gasteiger partial charge in [0.05, 0.1) is 10.0 Å². The molecule has 0 bridgehead atoms. The molecule has 0 aromatic heterocycles. The van der Waals surface area contributed by atoms with E-state index in [2.05, 4.69) is 0 Å². The van der Waals surface area contributed by atoms with E-state index in [9.17, 15) is 0 Å². The zero-order valence-electron chi connectivity index (χ0n) is 10.7. The lowest BCUT2D eigenvalue weighted by molar-refractivity contribution is 0.324. The van der Waals surface area contributed by atoms with Gasteiger partial charge in [-0.15, -0.1) is 0 Å². The van der Waals surface area contributed by atoms with Crippen LogP contribution in [0.1, 0.15) is 56.6 Å². The Bertz CT molecular complexity index is 386. The monoisotopic (exact) mass is 285 g/mol. The van der Waals surface area contributed by atoms with Gasteiger partial charge >= 0.3 is 0 Å². The van der Waals surface area contributed by atoms with E-state index in [4.69, 9.17) is 28.9 Å². The zero-order chi connectivity index (χ0) is 13.0. The van der Waals surface area contributed by atoms with Gasteiger partial charge in [0.1, 0.15) is 0 Å². The average molecular weight is 286 g/mol. The summed E-state index contributed by atoms with van der Waals surface area (Å²) in [6.45, 7) is 0. The standard InChI is InChI=1S/C15H21Cl2N/c16-13-8-4-7-12(15(13)17)14(18)10-9-11-5-2-1-3-6-11/h4,7-8,11,14H,1-3,5-6,9-10,18H2. The molecular formula is C15H21Cl2N. The van der Waals surface area contributed by atoms with Crippen LogP contribution in [0.3, 0.4) is 0 Å². The van der Waals surface area contributed by atoms with Crippen molar-refractivity contribution in [1.29, 1.82) is 0 Å². The van der Waals surface area contributed by atoms with E-state index in [1.807, 2.05) is 12.1 Å². The van der Waals surface area contributed by atoms with E-state index in [1.54, 1.807) is 6.07 Å². The van der Waals surface area contributed by atoms with Crippen molar-refractivity contribution in [2.24, 2.45) is 11.7 Å². The molecule has 18 heavy (non-hydrogen) atoms. The first-order valence-electron chi connectivity index (χ1n) is 6.88. The van der Waals surface area contributed by atoms with Crippen LogP contribution in [0.25, 0.3) is 0 Å². The Hall–Kier alpha value is -0.240. The van der Waals surface area contributed by atoms with Gasteiger partial charge in [0.2, 0.25) is 0 Å². The summed E-state index contributed by atoms with van der Waals surface area (Å²) in [5.41, 5.74) is 7.22. The first kappa shape index (κ1) is 14.2. The van der Waals surface area contributed by atoms with Crippen LogP contribution >= 0.6 is 23.2 Å². The predicted octanol–water partition coefficient (Wildman–Crippen LogP) is 5.35. The van der Waals surface area contributed by atoms with Crippen LogP contribution in [-0.4, -0.2) is 0 Å². The summed E-state index contributed by atoms with van der Waals surface area (Å²) in [5, 5.41) is 1.22. The minimum absolute atomic E-state index is 0.0122. The van der Waals surface area contributed by atoms with E-state index in [1.165, 1.54) is 38.5 Å². The zero-order valence-corrected chi connectivity index (χ0v) is 12.2. The number of hydrogen-bond donors (Lipinski definition) is 1. The van der Waals surface area contributed by atoms with Crippen molar-refractivity contribution in [1.82, 2.24) is 0 Å². The molecule has 0 saturated heterocycles. The van der Waals surface area contributed by atoms with Crippen LogP contribution in [0.4, 0.5) is 0 Å². The Morgan fingerprint density at radius 3 is 2.61 bits per heavy atom. The summed E-state index contributed by atoms with van der Waals surface area (Å²) < 4.78 is 0. The smallest absolute Gasteiger partial charge is 0.0639 e. The molecule has 100 valence electrons. The molecule has 1 aliphatic rings.